The third kappa shape index (κ3) is 3.48. The van der Waals surface area contributed by atoms with Crippen molar-refractivity contribution >= 4 is 6.21 Å². The Kier molecular flexibility index (Phi) is 4.94. The molecule has 1 aliphatic carbocycles. The topological polar surface area (TPSA) is 24.6 Å². The molecule has 2 aromatic carbocycles. The van der Waals surface area contributed by atoms with E-state index in [-0.39, 0.29) is 5.60 Å². The fraction of sp³-hybridized carbons (Fsp3) is 0.480. The third-order valence-corrected chi connectivity index (χ3v) is 6.93. The van der Waals surface area contributed by atoms with E-state index in [1.54, 1.807) is 0 Å². The molecule has 3 aliphatic rings. The second-order valence-corrected chi connectivity index (χ2v) is 8.65. The molecule has 28 heavy (non-hydrogen) atoms. The van der Waals surface area contributed by atoms with Crippen LogP contribution in [0.25, 0.3) is 0 Å². The zero-order valence-electron chi connectivity index (χ0n) is 16.5. The van der Waals surface area contributed by atoms with Gasteiger partial charge in [-0.3, -0.25) is 5.01 Å². The standard InChI is InChI=1S/C25H30N2O/c1-3-9-20(10-4-1)17-23-14-7-13-22-15-8-16-28-25(22,23)19-26-27-18-24(27)21-11-5-2-6-12-21/h1-6,9-12,19,22-24H,7-8,13-18H2/b26-19-/t22-,23?,24?,25-,27?/m1/s1. The van der Waals surface area contributed by atoms with Crippen LogP contribution >= 0.6 is 0 Å². The molecule has 0 bridgehead atoms. The average molecular weight is 375 g/mol. The van der Waals surface area contributed by atoms with Gasteiger partial charge in [-0.05, 0) is 55.1 Å². The molecule has 1 saturated carbocycles. The van der Waals surface area contributed by atoms with Gasteiger partial charge in [0.15, 0.2) is 0 Å². The summed E-state index contributed by atoms with van der Waals surface area (Å²) in [4.78, 5) is 0. The summed E-state index contributed by atoms with van der Waals surface area (Å²) in [6, 6.07) is 22.1. The highest BCUT2D eigenvalue weighted by Gasteiger charge is 2.49. The Hall–Kier alpha value is -2.13. The molecular weight excluding hydrogens is 344 g/mol. The lowest BCUT2D eigenvalue weighted by Crippen LogP contribution is -2.54. The smallest absolute Gasteiger partial charge is 0.111 e. The quantitative estimate of drug-likeness (QED) is 0.528. The Morgan fingerprint density at radius 2 is 1.71 bits per heavy atom. The first kappa shape index (κ1) is 17.9. The SMILES string of the molecule is C(=N/N1CC1c1ccccc1)/[C@@]12OCCC[C@H]1CCCC2Cc1ccccc1. The third-order valence-electron chi connectivity index (χ3n) is 6.93. The van der Waals surface area contributed by atoms with Gasteiger partial charge in [0, 0.05) is 6.61 Å². The molecule has 0 radical (unpaired) electrons. The fourth-order valence-electron chi connectivity index (χ4n) is 5.36. The molecule has 0 spiro atoms. The predicted molar refractivity (Wildman–Crippen MR) is 113 cm³/mol. The average Bonchev–Trinajstić information content (AvgIpc) is 3.54. The monoisotopic (exact) mass is 374 g/mol. The van der Waals surface area contributed by atoms with Crippen molar-refractivity contribution in [3.63, 3.8) is 0 Å². The Bertz CT molecular complexity index is 804. The second kappa shape index (κ2) is 7.71. The van der Waals surface area contributed by atoms with Crippen LogP contribution < -0.4 is 0 Å². The summed E-state index contributed by atoms with van der Waals surface area (Å²) in [5.74, 6) is 1.13. The van der Waals surface area contributed by atoms with Crippen LogP contribution in [0.1, 0.15) is 49.3 Å². The minimum Gasteiger partial charge on any atom is -0.369 e. The van der Waals surface area contributed by atoms with Crippen molar-refractivity contribution in [3.8, 4) is 0 Å². The summed E-state index contributed by atoms with van der Waals surface area (Å²) in [6.45, 7) is 1.89. The molecule has 0 aromatic heterocycles. The van der Waals surface area contributed by atoms with E-state index in [4.69, 9.17) is 9.84 Å². The summed E-state index contributed by atoms with van der Waals surface area (Å²) in [5, 5.41) is 7.18. The van der Waals surface area contributed by atoms with Crippen LogP contribution in [0.15, 0.2) is 65.8 Å². The predicted octanol–water partition coefficient (Wildman–Crippen LogP) is 5.24. The van der Waals surface area contributed by atoms with Crippen LogP contribution in [0.3, 0.4) is 0 Å². The first-order valence-electron chi connectivity index (χ1n) is 10.9. The Morgan fingerprint density at radius 3 is 2.54 bits per heavy atom. The number of benzene rings is 2. The number of rotatable bonds is 5. The van der Waals surface area contributed by atoms with E-state index in [1.807, 2.05) is 0 Å². The molecule has 4 atom stereocenters. The molecule has 5 rings (SSSR count). The van der Waals surface area contributed by atoms with Gasteiger partial charge in [-0.1, -0.05) is 67.1 Å². The van der Waals surface area contributed by atoms with Crippen molar-refractivity contribution in [2.24, 2.45) is 16.9 Å². The highest BCUT2D eigenvalue weighted by molar-refractivity contribution is 5.70. The van der Waals surface area contributed by atoms with Crippen molar-refractivity contribution in [1.29, 1.82) is 0 Å². The molecule has 3 heteroatoms. The van der Waals surface area contributed by atoms with Gasteiger partial charge in [-0.25, -0.2) is 0 Å². The van der Waals surface area contributed by atoms with Crippen LogP contribution in [0.5, 0.6) is 0 Å². The maximum Gasteiger partial charge on any atom is 0.111 e. The van der Waals surface area contributed by atoms with Gasteiger partial charge in [0.1, 0.15) is 5.60 Å². The Labute approximate surface area is 168 Å². The van der Waals surface area contributed by atoms with Crippen molar-refractivity contribution in [2.75, 3.05) is 13.2 Å². The summed E-state index contributed by atoms with van der Waals surface area (Å²) in [7, 11) is 0. The van der Waals surface area contributed by atoms with E-state index in [2.05, 4.69) is 71.9 Å². The Balaban J connectivity index is 1.37. The maximum absolute atomic E-state index is 6.60. The van der Waals surface area contributed by atoms with Crippen LogP contribution in [-0.2, 0) is 11.2 Å². The van der Waals surface area contributed by atoms with Crippen molar-refractivity contribution < 1.29 is 4.74 Å². The van der Waals surface area contributed by atoms with Crippen molar-refractivity contribution in [1.82, 2.24) is 5.01 Å². The van der Waals surface area contributed by atoms with Gasteiger partial charge in [0.2, 0.25) is 0 Å². The van der Waals surface area contributed by atoms with Crippen LogP contribution in [-0.4, -0.2) is 30.0 Å². The highest BCUT2D eigenvalue weighted by atomic mass is 16.5. The van der Waals surface area contributed by atoms with Crippen LogP contribution in [0, 0.1) is 11.8 Å². The van der Waals surface area contributed by atoms with Gasteiger partial charge in [0.05, 0.1) is 18.8 Å². The van der Waals surface area contributed by atoms with E-state index in [0.717, 1.165) is 19.6 Å². The number of hydrogen-bond donors (Lipinski definition) is 0. The molecular formula is C25H30N2O. The molecule has 2 heterocycles. The van der Waals surface area contributed by atoms with Crippen molar-refractivity contribution in [2.45, 2.75) is 50.2 Å². The van der Waals surface area contributed by atoms with Gasteiger partial charge in [-0.2, -0.15) is 5.10 Å². The number of hydrogen-bond acceptors (Lipinski definition) is 3. The first-order valence-corrected chi connectivity index (χ1v) is 10.9. The first-order chi connectivity index (χ1) is 13.9. The number of nitrogens with zero attached hydrogens (tertiary/aromatic N) is 2. The zero-order valence-corrected chi connectivity index (χ0v) is 16.5. The second-order valence-electron chi connectivity index (χ2n) is 8.65. The van der Waals surface area contributed by atoms with Crippen LogP contribution in [0.2, 0.25) is 0 Å². The molecule has 2 unspecified atom stereocenters. The van der Waals surface area contributed by atoms with Crippen molar-refractivity contribution in [3.05, 3.63) is 71.8 Å². The van der Waals surface area contributed by atoms with E-state index >= 15 is 0 Å². The molecule has 2 aromatic rings. The number of ether oxygens (including phenoxy) is 1. The fourth-order valence-corrected chi connectivity index (χ4v) is 5.36. The van der Waals surface area contributed by atoms with Gasteiger partial charge >= 0.3 is 0 Å². The molecule has 3 nitrogen and oxygen atoms in total. The van der Waals surface area contributed by atoms with E-state index in [9.17, 15) is 0 Å². The van der Waals surface area contributed by atoms with E-state index in [0.29, 0.717) is 17.9 Å². The van der Waals surface area contributed by atoms with Gasteiger partial charge in [-0.15, -0.1) is 0 Å². The largest absolute Gasteiger partial charge is 0.369 e. The molecule has 2 saturated heterocycles. The zero-order chi connectivity index (χ0) is 18.8. The highest BCUT2D eigenvalue weighted by Crippen LogP contribution is 2.47. The minimum absolute atomic E-state index is 0.184. The van der Waals surface area contributed by atoms with E-state index < -0.39 is 0 Å². The molecule has 0 amide bonds. The van der Waals surface area contributed by atoms with Gasteiger partial charge < -0.3 is 4.74 Å². The number of hydrazone groups is 1. The van der Waals surface area contributed by atoms with Gasteiger partial charge in [0.25, 0.3) is 0 Å². The summed E-state index contributed by atoms with van der Waals surface area (Å²) < 4.78 is 6.60. The molecule has 2 aliphatic heterocycles. The maximum atomic E-state index is 6.60. The minimum atomic E-state index is -0.184. The lowest BCUT2D eigenvalue weighted by Gasteiger charge is -2.50. The molecule has 3 fully saturated rings. The summed E-state index contributed by atoms with van der Waals surface area (Å²) >= 11 is 0. The normalized spacial score (nSPS) is 32.3. The lowest BCUT2D eigenvalue weighted by molar-refractivity contribution is -0.121. The molecule has 0 N–H and O–H groups in total. The summed E-state index contributed by atoms with van der Waals surface area (Å²) in [6.07, 6.45) is 9.60. The lowest BCUT2D eigenvalue weighted by atomic mass is 9.64. The van der Waals surface area contributed by atoms with Crippen LogP contribution in [0.4, 0.5) is 0 Å². The Morgan fingerprint density at radius 1 is 0.964 bits per heavy atom. The van der Waals surface area contributed by atoms with E-state index in [1.165, 1.54) is 43.2 Å². The summed E-state index contributed by atoms with van der Waals surface area (Å²) in [5.41, 5.74) is 2.60. The number of fused-ring (bicyclic) bond motifs is 1. The molecule has 146 valence electrons.